The molecule has 1 atom stereocenters. The molecular weight excluding hydrogens is 236 g/mol. The molecule has 0 radical (unpaired) electrons. The summed E-state index contributed by atoms with van der Waals surface area (Å²) in [6, 6.07) is 0. The van der Waals surface area contributed by atoms with Crippen molar-refractivity contribution >= 4 is 11.9 Å². The van der Waals surface area contributed by atoms with Crippen LogP contribution in [0.2, 0.25) is 0 Å². The molecule has 0 aromatic rings. The summed E-state index contributed by atoms with van der Waals surface area (Å²) in [7, 11) is 2.46. The molecule has 0 spiro atoms. The Hall–Kier alpha value is -1.36. The highest BCUT2D eigenvalue weighted by molar-refractivity contribution is 6.01. The first kappa shape index (κ1) is 14.7. The van der Waals surface area contributed by atoms with Crippen LogP contribution >= 0.6 is 0 Å². The fourth-order valence-electron chi connectivity index (χ4n) is 2.61. The molecule has 102 valence electrons. The molecule has 0 bridgehead atoms. The number of methoxy groups -OCH3 is 2. The molecule has 0 unspecified atom stereocenters. The largest absolute Gasteiger partial charge is 0.468 e. The Labute approximate surface area is 107 Å². The number of esters is 2. The summed E-state index contributed by atoms with van der Waals surface area (Å²) >= 11 is 0. The lowest BCUT2D eigenvalue weighted by Gasteiger charge is -2.28. The van der Waals surface area contributed by atoms with Gasteiger partial charge in [-0.3, -0.25) is 9.59 Å². The van der Waals surface area contributed by atoms with Crippen LogP contribution in [0.4, 0.5) is 0 Å². The standard InChI is InChI=1S/C13H20O5/c1-8-6-13(10(14)17-4,11(15)18-5)7-9(8)12(2,3)16/h9,16H,1,6-7H2,2-5H3/t9-/m0/s1. The zero-order chi connectivity index (χ0) is 14.1. The highest BCUT2D eigenvalue weighted by Crippen LogP contribution is 2.50. The van der Waals surface area contributed by atoms with Crippen molar-refractivity contribution in [3.8, 4) is 0 Å². The first-order valence-corrected chi connectivity index (χ1v) is 5.76. The molecule has 1 aliphatic carbocycles. The van der Waals surface area contributed by atoms with E-state index in [9.17, 15) is 14.7 Å². The lowest BCUT2D eigenvalue weighted by atomic mass is 9.81. The van der Waals surface area contributed by atoms with Crippen LogP contribution in [-0.2, 0) is 19.1 Å². The average molecular weight is 256 g/mol. The van der Waals surface area contributed by atoms with E-state index in [1.165, 1.54) is 14.2 Å². The Morgan fingerprint density at radius 1 is 1.33 bits per heavy atom. The van der Waals surface area contributed by atoms with Crippen LogP contribution in [0.15, 0.2) is 12.2 Å². The first-order chi connectivity index (χ1) is 8.19. The molecule has 0 aromatic heterocycles. The lowest BCUT2D eigenvalue weighted by Crippen LogP contribution is -2.40. The van der Waals surface area contributed by atoms with Gasteiger partial charge < -0.3 is 14.6 Å². The number of carbonyl (C=O) groups is 2. The maximum absolute atomic E-state index is 11.9. The lowest BCUT2D eigenvalue weighted by molar-refractivity contribution is -0.169. The second-order valence-electron chi connectivity index (χ2n) is 5.31. The van der Waals surface area contributed by atoms with Crippen molar-refractivity contribution in [2.24, 2.45) is 11.3 Å². The van der Waals surface area contributed by atoms with Gasteiger partial charge in [0.15, 0.2) is 5.41 Å². The van der Waals surface area contributed by atoms with Crippen molar-refractivity contribution in [3.63, 3.8) is 0 Å². The van der Waals surface area contributed by atoms with Gasteiger partial charge >= 0.3 is 11.9 Å². The minimum Gasteiger partial charge on any atom is -0.468 e. The van der Waals surface area contributed by atoms with Crippen LogP contribution in [0.5, 0.6) is 0 Å². The molecule has 0 heterocycles. The zero-order valence-corrected chi connectivity index (χ0v) is 11.3. The maximum atomic E-state index is 11.9. The maximum Gasteiger partial charge on any atom is 0.323 e. The third kappa shape index (κ3) is 2.27. The summed E-state index contributed by atoms with van der Waals surface area (Å²) in [6.07, 6.45) is 0.315. The zero-order valence-electron chi connectivity index (χ0n) is 11.3. The number of rotatable bonds is 3. The molecule has 18 heavy (non-hydrogen) atoms. The van der Waals surface area contributed by atoms with Crippen molar-refractivity contribution in [1.82, 2.24) is 0 Å². The van der Waals surface area contributed by atoms with Gasteiger partial charge in [-0.05, 0) is 26.7 Å². The monoisotopic (exact) mass is 256 g/mol. The van der Waals surface area contributed by atoms with Crippen molar-refractivity contribution < 1.29 is 24.2 Å². The normalized spacial score (nSPS) is 22.7. The quantitative estimate of drug-likeness (QED) is 0.464. The van der Waals surface area contributed by atoms with E-state index in [0.717, 1.165) is 0 Å². The molecule has 5 nitrogen and oxygen atoms in total. The fourth-order valence-corrected chi connectivity index (χ4v) is 2.61. The fraction of sp³-hybridized carbons (Fsp3) is 0.692. The van der Waals surface area contributed by atoms with Crippen LogP contribution < -0.4 is 0 Å². The summed E-state index contributed by atoms with van der Waals surface area (Å²) in [4.78, 5) is 23.8. The average Bonchev–Trinajstić information content (AvgIpc) is 2.66. The van der Waals surface area contributed by atoms with E-state index in [0.29, 0.717) is 5.57 Å². The first-order valence-electron chi connectivity index (χ1n) is 5.76. The van der Waals surface area contributed by atoms with Gasteiger partial charge in [-0.15, -0.1) is 0 Å². The SMILES string of the molecule is C=C1CC(C(=O)OC)(C(=O)OC)C[C@@H]1C(C)(C)O. The molecule has 0 saturated heterocycles. The van der Waals surface area contributed by atoms with Gasteiger partial charge in [0, 0.05) is 5.92 Å². The number of hydrogen-bond acceptors (Lipinski definition) is 5. The van der Waals surface area contributed by atoms with E-state index < -0.39 is 23.0 Å². The van der Waals surface area contributed by atoms with E-state index in [-0.39, 0.29) is 18.8 Å². The highest BCUT2D eigenvalue weighted by atomic mass is 16.5. The topological polar surface area (TPSA) is 72.8 Å². The van der Waals surface area contributed by atoms with Gasteiger partial charge in [0.2, 0.25) is 0 Å². The molecule has 1 N–H and O–H groups in total. The van der Waals surface area contributed by atoms with Crippen LogP contribution in [0.3, 0.4) is 0 Å². The van der Waals surface area contributed by atoms with Gasteiger partial charge in [-0.1, -0.05) is 12.2 Å². The van der Waals surface area contributed by atoms with Gasteiger partial charge in [-0.2, -0.15) is 0 Å². The second-order valence-corrected chi connectivity index (χ2v) is 5.31. The molecule has 0 aromatic carbocycles. The van der Waals surface area contributed by atoms with Crippen LogP contribution in [0.1, 0.15) is 26.7 Å². The molecular formula is C13H20O5. The Kier molecular flexibility index (Phi) is 3.86. The van der Waals surface area contributed by atoms with E-state index in [1.54, 1.807) is 13.8 Å². The number of aliphatic hydroxyl groups is 1. The summed E-state index contributed by atoms with van der Waals surface area (Å²) < 4.78 is 9.41. The van der Waals surface area contributed by atoms with E-state index in [2.05, 4.69) is 6.58 Å². The molecule has 5 heteroatoms. The molecule has 1 saturated carbocycles. The Bertz CT molecular complexity index is 361. The Morgan fingerprint density at radius 3 is 2.06 bits per heavy atom. The van der Waals surface area contributed by atoms with E-state index >= 15 is 0 Å². The van der Waals surface area contributed by atoms with Crippen molar-refractivity contribution in [2.45, 2.75) is 32.3 Å². The van der Waals surface area contributed by atoms with Gasteiger partial charge in [0.05, 0.1) is 19.8 Å². The third-order valence-electron chi connectivity index (χ3n) is 3.58. The molecule has 0 aliphatic heterocycles. The molecule has 0 amide bonds. The second kappa shape index (κ2) is 4.72. The predicted octanol–water partition coefficient (Wildman–Crippen LogP) is 1.06. The summed E-state index contributed by atoms with van der Waals surface area (Å²) in [5, 5.41) is 10.1. The third-order valence-corrected chi connectivity index (χ3v) is 3.58. The van der Waals surface area contributed by atoms with Crippen LogP contribution in [0, 0.1) is 11.3 Å². The summed E-state index contributed by atoms with van der Waals surface area (Å²) in [5.41, 5.74) is -1.75. The van der Waals surface area contributed by atoms with Crippen molar-refractivity contribution in [3.05, 3.63) is 12.2 Å². The Balaban J connectivity index is 3.15. The van der Waals surface area contributed by atoms with Gasteiger partial charge in [0.25, 0.3) is 0 Å². The van der Waals surface area contributed by atoms with E-state index in [1.807, 2.05) is 0 Å². The highest BCUT2D eigenvalue weighted by Gasteiger charge is 2.57. The van der Waals surface area contributed by atoms with E-state index in [4.69, 9.17) is 9.47 Å². The molecule has 1 fully saturated rings. The van der Waals surface area contributed by atoms with Gasteiger partial charge in [0.1, 0.15) is 0 Å². The molecule has 1 rings (SSSR count). The number of ether oxygens (including phenoxy) is 2. The Morgan fingerprint density at radius 2 is 1.78 bits per heavy atom. The number of hydrogen-bond donors (Lipinski definition) is 1. The van der Waals surface area contributed by atoms with Crippen LogP contribution in [-0.4, -0.2) is 36.9 Å². The molecule has 1 aliphatic rings. The van der Waals surface area contributed by atoms with Gasteiger partial charge in [-0.25, -0.2) is 0 Å². The van der Waals surface area contributed by atoms with Crippen LogP contribution in [0.25, 0.3) is 0 Å². The van der Waals surface area contributed by atoms with Crippen molar-refractivity contribution in [2.75, 3.05) is 14.2 Å². The van der Waals surface area contributed by atoms with Crippen molar-refractivity contribution in [1.29, 1.82) is 0 Å². The summed E-state index contributed by atoms with van der Waals surface area (Å²) in [6.45, 7) is 7.12. The number of carbonyl (C=O) groups excluding carboxylic acids is 2. The summed E-state index contributed by atoms with van der Waals surface area (Å²) in [5.74, 6) is -1.61. The minimum absolute atomic E-state index is 0.154. The predicted molar refractivity (Wildman–Crippen MR) is 64.6 cm³/mol. The minimum atomic E-state index is -1.37. The smallest absolute Gasteiger partial charge is 0.323 e.